The average Bonchev–Trinajstić information content (AvgIpc) is 3.38. The molecule has 9 heteroatoms. The molecule has 4 heterocycles. The molecule has 0 amide bonds. The molecule has 0 atom stereocenters. The quantitative estimate of drug-likeness (QED) is 0.499. The molecule has 0 aliphatic rings. The van der Waals surface area contributed by atoms with Crippen molar-refractivity contribution in [3.05, 3.63) is 42.4 Å². The number of hydrogen-bond donors (Lipinski definition) is 0. The first-order valence-electron chi connectivity index (χ1n) is 9.24. The standard InChI is InChI=1S/C18H23N9/c1-4-25-12-15(9-21-25)27-18-16(23-24-27)10-19-17(22-18)7-14-8-20-26(11-14)6-5-13(2)3/h8-13H,4-7H2,1-3H3. The highest BCUT2D eigenvalue weighted by Gasteiger charge is 2.12. The number of aryl methyl sites for hydroxylation is 2. The molecular weight excluding hydrogens is 342 g/mol. The van der Waals surface area contributed by atoms with Gasteiger partial charge in [-0.2, -0.15) is 14.9 Å². The van der Waals surface area contributed by atoms with E-state index in [4.69, 9.17) is 0 Å². The molecule has 0 radical (unpaired) electrons. The molecule has 0 aliphatic carbocycles. The van der Waals surface area contributed by atoms with Crippen LogP contribution in [-0.2, 0) is 19.5 Å². The minimum Gasteiger partial charge on any atom is -0.272 e. The van der Waals surface area contributed by atoms with E-state index in [0.29, 0.717) is 23.5 Å². The van der Waals surface area contributed by atoms with Gasteiger partial charge in [0.2, 0.25) is 0 Å². The highest BCUT2D eigenvalue weighted by molar-refractivity contribution is 5.70. The van der Waals surface area contributed by atoms with Crippen molar-refractivity contribution < 1.29 is 0 Å². The maximum Gasteiger partial charge on any atom is 0.187 e. The first-order valence-corrected chi connectivity index (χ1v) is 9.24. The highest BCUT2D eigenvalue weighted by atomic mass is 15.5. The Hall–Kier alpha value is -3.10. The summed E-state index contributed by atoms with van der Waals surface area (Å²) >= 11 is 0. The third-order valence-corrected chi connectivity index (χ3v) is 4.42. The third kappa shape index (κ3) is 3.71. The van der Waals surface area contributed by atoms with Crippen LogP contribution in [0.4, 0.5) is 0 Å². The lowest BCUT2D eigenvalue weighted by Crippen LogP contribution is -2.02. The molecule has 4 aromatic heterocycles. The molecular formula is C18H23N9. The Kier molecular flexibility index (Phi) is 4.66. The molecule has 0 aromatic carbocycles. The van der Waals surface area contributed by atoms with Gasteiger partial charge in [0.1, 0.15) is 11.5 Å². The van der Waals surface area contributed by atoms with Crippen LogP contribution in [0.3, 0.4) is 0 Å². The molecule has 0 unspecified atom stereocenters. The summed E-state index contributed by atoms with van der Waals surface area (Å²) in [6.07, 6.45) is 11.1. The maximum absolute atomic E-state index is 4.68. The van der Waals surface area contributed by atoms with Crippen molar-refractivity contribution in [3.8, 4) is 5.69 Å². The molecule has 9 nitrogen and oxygen atoms in total. The van der Waals surface area contributed by atoms with Crippen LogP contribution in [0, 0.1) is 5.92 Å². The minimum absolute atomic E-state index is 0.622. The molecule has 0 bridgehead atoms. The molecule has 140 valence electrons. The second-order valence-electron chi connectivity index (χ2n) is 7.02. The van der Waals surface area contributed by atoms with E-state index in [1.165, 1.54) is 0 Å². The van der Waals surface area contributed by atoms with E-state index in [0.717, 1.165) is 36.6 Å². The monoisotopic (exact) mass is 365 g/mol. The Morgan fingerprint density at radius 1 is 1.04 bits per heavy atom. The van der Waals surface area contributed by atoms with E-state index >= 15 is 0 Å². The number of nitrogens with zero attached hydrogens (tertiary/aromatic N) is 9. The number of rotatable bonds is 7. The molecule has 4 aromatic rings. The lowest BCUT2D eigenvalue weighted by atomic mass is 10.1. The van der Waals surface area contributed by atoms with Gasteiger partial charge in [0, 0.05) is 25.7 Å². The smallest absolute Gasteiger partial charge is 0.187 e. The van der Waals surface area contributed by atoms with E-state index in [1.54, 1.807) is 17.1 Å². The van der Waals surface area contributed by atoms with Gasteiger partial charge in [-0.25, -0.2) is 9.97 Å². The second kappa shape index (κ2) is 7.26. The zero-order chi connectivity index (χ0) is 18.8. The van der Waals surface area contributed by atoms with Crippen LogP contribution >= 0.6 is 0 Å². The zero-order valence-electron chi connectivity index (χ0n) is 15.8. The van der Waals surface area contributed by atoms with Gasteiger partial charge in [-0.05, 0) is 24.8 Å². The Balaban J connectivity index is 1.57. The highest BCUT2D eigenvalue weighted by Crippen LogP contribution is 2.15. The molecule has 0 aliphatic heterocycles. The topological polar surface area (TPSA) is 92.1 Å². The Morgan fingerprint density at radius 3 is 2.67 bits per heavy atom. The van der Waals surface area contributed by atoms with Crippen LogP contribution in [-0.4, -0.2) is 44.5 Å². The summed E-state index contributed by atoms with van der Waals surface area (Å²) in [6.45, 7) is 8.20. The number of aromatic nitrogens is 9. The minimum atomic E-state index is 0.622. The first kappa shape index (κ1) is 17.3. The van der Waals surface area contributed by atoms with Gasteiger partial charge in [-0.15, -0.1) is 5.10 Å². The first-order chi connectivity index (χ1) is 13.1. The van der Waals surface area contributed by atoms with E-state index in [9.17, 15) is 0 Å². The summed E-state index contributed by atoms with van der Waals surface area (Å²) < 4.78 is 5.53. The Labute approximate surface area is 157 Å². The van der Waals surface area contributed by atoms with Gasteiger partial charge >= 0.3 is 0 Å². The maximum atomic E-state index is 4.68. The predicted octanol–water partition coefficient (Wildman–Crippen LogP) is 2.26. The summed E-state index contributed by atoms with van der Waals surface area (Å²) in [5.74, 6) is 1.38. The van der Waals surface area contributed by atoms with Crippen molar-refractivity contribution in [1.29, 1.82) is 0 Å². The van der Waals surface area contributed by atoms with Gasteiger partial charge < -0.3 is 0 Å². The zero-order valence-corrected chi connectivity index (χ0v) is 15.8. The molecule has 0 N–H and O–H groups in total. The fourth-order valence-electron chi connectivity index (χ4n) is 2.85. The summed E-state index contributed by atoms with van der Waals surface area (Å²) in [5.41, 5.74) is 3.28. The van der Waals surface area contributed by atoms with Gasteiger partial charge in [0.05, 0.1) is 24.8 Å². The van der Waals surface area contributed by atoms with Crippen LogP contribution in [0.1, 0.15) is 38.6 Å². The molecule has 4 rings (SSSR count). The van der Waals surface area contributed by atoms with Crippen molar-refractivity contribution in [3.63, 3.8) is 0 Å². The number of hydrogen-bond acceptors (Lipinski definition) is 6. The second-order valence-corrected chi connectivity index (χ2v) is 7.02. The molecule has 0 spiro atoms. The summed E-state index contributed by atoms with van der Waals surface area (Å²) in [4.78, 5) is 9.11. The van der Waals surface area contributed by atoms with Crippen molar-refractivity contribution in [2.24, 2.45) is 5.92 Å². The van der Waals surface area contributed by atoms with Crippen LogP contribution in [0.15, 0.2) is 31.0 Å². The molecule has 27 heavy (non-hydrogen) atoms. The number of fused-ring (bicyclic) bond motifs is 1. The van der Waals surface area contributed by atoms with Gasteiger partial charge in [0.25, 0.3) is 0 Å². The van der Waals surface area contributed by atoms with Crippen LogP contribution in [0.5, 0.6) is 0 Å². The summed E-state index contributed by atoms with van der Waals surface area (Å²) in [7, 11) is 0. The van der Waals surface area contributed by atoms with E-state index in [-0.39, 0.29) is 0 Å². The van der Waals surface area contributed by atoms with Crippen LogP contribution < -0.4 is 0 Å². The molecule has 0 fully saturated rings. The van der Waals surface area contributed by atoms with Crippen LogP contribution in [0.2, 0.25) is 0 Å². The van der Waals surface area contributed by atoms with Crippen LogP contribution in [0.25, 0.3) is 16.9 Å². The Bertz CT molecular complexity index is 1040. The van der Waals surface area contributed by atoms with E-state index < -0.39 is 0 Å². The fourth-order valence-corrected chi connectivity index (χ4v) is 2.85. The van der Waals surface area contributed by atoms with Crippen molar-refractivity contribution in [2.75, 3.05) is 0 Å². The predicted molar refractivity (Wildman–Crippen MR) is 100 cm³/mol. The van der Waals surface area contributed by atoms with Crippen molar-refractivity contribution in [1.82, 2.24) is 44.5 Å². The molecule has 0 saturated carbocycles. The fraction of sp³-hybridized carbons (Fsp3) is 0.444. The molecule has 0 saturated heterocycles. The van der Waals surface area contributed by atoms with Gasteiger partial charge in [-0.3, -0.25) is 9.36 Å². The summed E-state index contributed by atoms with van der Waals surface area (Å²) in [6, 6.07) is 0. The lowest BCUT2D eigenvalue weighted by Gasteiger charge is -2.03. The van der Waals surface area contributed by atoms with Gasteiger partial charge in [-0.1, -0.05) is 19.1 Å². The normalized spacial score (nSPS) is 11.7. The van der Waals surface area contributed by atoms with Crippen molar-refractivity contribution >= 4 is 11.2 Å². The van der Waals surface area contributed by atoms with Crippen molar-refractivity contribution in [2.45, 2.75) is 46.7 Å². The Morgan fingerprint density at radius 2 is 1.89 bits per heavy atom. The summed E-state index contributed by atoms with van der Waals surface area (Å²) in [5, 5.41) is 17.1. The average molecular weight is 365 g/mol. The largest absolute Gasteiger partial charge is 0.272 e. The van der Waals surface area contributed by atoms with E-state index in [1.807, 2.05) is 28.7 Å². The third-order valence-electron chi connectivity index (χ3n) is 4.42. The SMILES string of the molecule is CCn1cc(-n2nnc3cnc(Cc4cnn(CCC(C)C)c4)nc32)cn1. The van der Waals surface area contributed by atoms with E-state index in [2.05, 4.69) is 50.5 Å². The van der Waals surface area contributed by atoms with Gasteiger partial charge in [0.15, 0.2) is 11.2 Å². The lowest BCUT2D eigenvalue weighted by molar-refractivity contribution is 0.487.